The van der Waals surface area contributed by atoms with E-state index in [-0.39, 0.29) is 5.41 Å². The van der Waals surface area contributed by atoms with E-state index in [4.69, 9.17) is 0 Å². The van der Waals surface area contributed by atoms with E-state index in [1.807, 2.05) is 0 Å². The minimum absolute atomic E-state index is 0.209. The van der Waals surface area contributed by atoms with Gasteiger partial charge in [0.05, 0.1) is 0 Å². The van der Waals surface area contributed by atoms with Gasteiger partial charge in [-0.2, -0.15) is 0 Å². The maximum absolute atomic E-state index is 2.51. The highest BCUT2D eigenvalue weighted by Crippen LogP contribution is 2.46. The molecule has 4 rings (SSSR count). The van der Waals surface area contributed by atoms with Crippen LogP contribution in [0.2, 0.25) is 0 Å². The monoisotopic (exact) mass is 372 g/mol. The Bertz CT molecular complexity index is 852. The number of allylic oxidation sites excluding steroid dienone is 1. The summed E-state index contributed by atoms with van der Waals surface area (Å²) in [7, 11) is 0. The quantitative estimate of drug-likeness (QED) is 0.506. The Morgan fingerprint density at radius 1 is 0.893 bits per heavy atom. The molecule has 0 heterocycles. The van der Waals surface area contributed by atoms with Crippen LogP contribution in [0.1, 0.15) is 89.3 Å². The van der Waals surface area contributed by atoms with E-state index in [1.165, 1.54) is 67.2 Å². The molecule has 0 spiro atoms. The van der Waals surface area contributed by atoms with Crippen LogP contribution >= 0.6 is 0 Å². The minimum atomic E-state index is 0.209. The van der Waals surface area contributed by atoms with Gasteiger partial charge in [-0.05, 0) is 64.3 Å². The van der Waals surface area contributed by atoms with Crippen LogP contribution in [0.15, 0.2) is 48.0 Å². The molecule has 2 aromatic rings. The molecule has 0 nitrogen and oxygen atoms in total. The van der Waals surface area contributed by atoms with Crippen LogP contribution in [-0.2, 0) is 11.8 Å². The third-order valence-electron chi connectivity index (χ3n) is 7.30. The Labute approximate surface area is 172 Å². The van der Waals surface area contributed by atoms with E-state index in [2.05, 4.69) is 76.2 Å². The van der Waals surface area contributed by atoms with Gasteiger partial charge in [0.1, 0.15) is 0 Å². The maximum atomic E-state index is 2.51. The molecule has 1 saturated carbocycles. The second-order valence-corrected chi connectivity index (χ2v) is 10.3. The SMILES string of the molecule is CCC1(CC2=Cc3cccc(-c4ccc(C(C)(C)C)cc4)c3C2)CCCCC1. The van der Waals surface area contributed by atoms with E-state index in [0.29, 0.717) is 5.41 Å². The summed E-state index contributed by atoms with van der Waals surface area (Å²) in [5.41, 5.74) is 9.64. The van der Waals surface area contributed by atoms with Crippen LogP contribution < -0.4 is 0 Å². The van der Waals surface area contributed by atoms with Gasteiger partial charge in [0, 0.05) is 0 Å². The van der Waals surface area contributed by atoms with Gasteiger partial charge in [0.15, 0.2) is 0 Å². The van der Waals surface area contributed by atoms with Crippen molar-refractivity contribution < 1.29 is 0 Å². The van der Waals surface area contributed by atoms with Crippen molar-refractivity contribution in [3.8, 4) is 11.1 Å². The Kier molecular flexibility index (Phi) is 5.25. The normalized spacial score (nSPS) is 18.6. The summed E-state index contributed by atoms with van der Waals surface area (Å²) < 4.78 is 0. The third-order valence-corrected chi connectivity index (χ3v) is 7.30. The van der Waals surface area contributed by atoms with E-state index >= 15 is 0 Å². The fourth-order valence-electron chi connectivity index (χ4n) is 5.41. The van der Waals surface area contributed by atoms with Crippen molar-refractivity contribution in [2.24, 2.45) is 5.41 Å². The van der Waals surface area contributed by atoms with Crippen LogP contribution in [0, 0.1) is 5.41 Å². The van der Waals surface area contributed by atoms with Gasteiger partial charge in [-0.1, -0.05) is 107 Å². The van der Waals surface area contributed by atoms with Gasteiger partial charge in [-0.25, -0.2) is 0 Å². The first-order chi connectivity index (χ1) is 13.4. The van der Waals surface area contributed by atoms with Gasteiger partial charge in [0.25, 0.3) is 0 Å². The summed E-state index contributed by atoms with van der Waals surface area (Å²) in [4.78, 5) is 0. The minimum Gasteiger partial charge on any atom is -0.0648 e. The molecule has 28 heavy (non-hydrogen) atoms. The lowest BCUT2D eigenvalue weighted by atomic mass is 9.68. The summed E-state index contributed by atoms with van der Waals surface area (Å²) in [5, 5.41) is 0. The molecule has 148 valence electrons. The van der Waals surface area contributed by atoms with Gasteiger partial charge < -0.3 is 0 Å². The second kappa shape index (κ2) is 7.54. The van der Waals surface area contributed by atoms with Crippen molar-refractivity contribution in [1.29, 1.82) is 0 Å². The summed E-state index contributed by atoms with van der Waals surface area (Å²) in [6.07, 6.45) is 13.5. The Hall–Kier alpha value is -1.82. The zero-order valence-electron chi connectivity index (χ0n) is 18.3. The molecule has 0 N–H and O–H groups in total. The Morgan fingerprint density at radius 3 is 2.25 bits per heavy atom. The molecule has 0 unspecified atom stereocenters. The summed E-state index contributed by atoms with van der Waals surface area (Å²) >= 11 is 0. The first kappa shape index (κ1) is 19.5. The number of hydrogen-bond acceptors (Lipinski definition) is 0. The number of benzene rings is 2. The molecular formula is C28H36. The lowest BCUT2D eigenvalue weighted by molar-refractivity contribution is 0.179. The molecule has 0 radical (unpaired) electrons. The molecule has 0 bridgehead atoms. The van der Waals surface area contributed by atoms with Crippen molar-refractivity contribution >= 4 is 6.08 Å². The van der Waals surface area contributed by atoms with Crippen LogP contribution in [0.25, 0.3) is 17.2 Å². The van der Waals surface area contributed by atoms with Gasteiger partial charge in [0.2, 0.25) is 0 Å². The van der Waals surface area contributed by atoms with Gasteiger partial charge >= 0.3 is 0 Å². The Balaban J connectivity index is 1.57. The Morgan fingerprint density at radius 2 is 1.61 bits per heavy atom. The molecular weight excluding hydrogens is 336 g/mol. The average Bonchev–Trinajstić information content (AvgIpc) is 3.10. The molecule has 2 aliphatic carbocycles. The lowest BCUT2D eigenvalue weighted by Gasteiger charge is -2.37. The zero-order valence-corrected chi connectivity index (χ0v) is 18.3. The standard InChI is InChI=1S/C28H36/c1-5-28(16-7-6-8-17-28)20-21-18-23-10-9-11-25(26(23)19-21)22-12-14-24(15-13-22)27(2,3)4/h9-15,18H,5-8,16-17,19-20H2,1-4H3. The zero-order chi connectivity index (χ0) is 19.8. The van der Waals surface area contributed by atoms with Gasteiger partial charge in [-0.3, -0.25) is 0 Å². The van der Waals surface area contributed by atoms with E-state index in [1.54, 1.807) is 11.1 Å². The first-order valence-corrected chi connectivity index (χ1v) is 11.3. The first-order valence-electron chi connectivity index (χ1n) is 11.3. The van der Waals surface area contributed by atoms with Crippen molar-refractivity contribution in [3.63, 3.8) is 0 Å². The molecule has 0 amide bonds. The fraction of sp³-hybridized carbons (Fsp3) is 0.500. The molecule has 0 aromatic heterocycles. The van der Waals surface area contributed by atoms with Crippen LogP contribution in [0.3, 0.4) is 0 Å². The highest BCUT2D eigenvalue weighted by atomic mass is 14.4. The lowest BCUT2D eigenvalue weighted by Crippen LogP contribution is -2.23. The average molecular weight is 373 g/mol. The van der Waals surface area contributed by atoms with Crippen LogP contribution in [-0.4, -0.2) is 0 Å². The van der Waals surface area contributed by atoms with E-state index in [9.17, 15) is 0 Å². The number of rotatable bonds is 4. The van der Waals surface area contributed by atoms with E-state index < -0.39 is 0 Å². The predicted molar refractivity (Wildman–Crippen MR) is 123 cm³/mol. The topological polar surface area (TPSA) is 0 Å². The molecule has 0 aliphatic heterocycles. The summed E-state index contributed by atoms with van der Waals surface area (Å²) in [6.45, 7) is 9.27. The molecule has 0 atom stereocenters. The van der Waals surface area contributed by atoms with Crippen molar-refractivity contribution in [2.45, 2.75) is 84.5 Å². The summed E-state index contributed by atoms with van der Waals surface area (Å²) in [5.74, 6) is 0. The highest BCUT2D eigenvalue weighted by molar-refractivity contribution is 5.77. The largest absolute Gasteiger partial charge is 0.0648 e. The molecule has 0 saturated heterocycles. The predicted octanol–water partition coefficient (Wildman–Crippen LogP) is 8.34. The molecule has 0 heteroatoms. The second-order valence-electron chi connectivity index (χ2n) is 10.3. The molecule has 1 fully saturated rings. The maximum Gasteiger partial charge on any atom is -0.00515 e. The van der Waals surface area contributed by atoms with Crippen molar-refractivity contribution in [3.05, 3.63) is 64.7 Å². The van der Waals surface area contributed by atoms with Crippen molar-refractivity contribution in [2.75, 3.05) is 0 Å². The third kappa shape index (κ3) is 3.84. The fourth-order valence-corrected chi connectivity index (χ4v) is 5.41. The van der Waals surface area contributed by atoms with Crippen LogP contribution in [0.4, 0.5) is 0 Å². The van der Waals surface area contributed by atoms with Crippen molar-refractivity contribution in [1.82, 2.24) is 0 Å². The number of fused-ring (bicyclic) bond motifs is 1. The highest BCUT2D eigenvalue weighted by Gasteiger charge is 2.32. The smallest absolute Gasteiger partial charge is 0.00515 e. The van der Waals surface area contributed by atoms with E-state index in [0.717, 1.165) is 6.42 Å². The molecule has 2 aromatic carbocycles. The number of hydrogen-bond donors (Lipinski definition) is 0. The molecule has 2 aliphatic rings. The van der Waals surface area contributed by atoms with Crippen LogP contribution in [0.5, 0.6) is 0 Å². The van der Waals surface area contributed by atoms with Gasteiger partial charge in [-0.15, -0.1) is 0 Å². The summed E-state index contributed by atoms with van der Waals surface area (Å²) in [6, 6.07) is 16.1.